The van der Waals surface area contributed by atoms with E-state index in [0.717, 1.165) is 13.1 Å². The van der Waals surface area contributed by atoms with Crippen LogP contribution >= 0.6 is 0 Å². The summed E-state index contributed by atoms with van der Waals surface area (Å²) in [5.41, 5.74) is 2.35. The molecular formula is C20H24FN3O. The number of halogens is 1. The number of amides is 1. The van der Waals surface area contributed by atoms with Crippen LogP contribution in [0.5, 0.6) is 0 Å². The zero-order chi connectivity index (χ0) is 17.9. The van der Waals surface area contributed by atoms with Gasteiger partial charge in [-0.05, 0) is 37.1 Å². The van der Waals surface area contributed by atoms with Crippen molar-refractivity contribution in [2.75, 3.05) is 25.5 Å². The minimum atomic E-state index is -0.744. The number of nitrogens with zero attached hydrogens (tertiary/aromatic N) is 1. The van der Waals surface area contributed by atoms with E-state index in [9.17, 15) is 9.18 Å². The highest BCUT2D eigenvalue weighted by Gasteiger charge is 2.44. The van der Waals surface area contributed by atoms with Gasteiger partial charge in [0.05, 0.1) is 0 Å². The van der Waals surface area contributed by atoms with Crippen molar-refractivity contribution >= 4 is 11.6 Å². The van der Waals surface area contributed by atoms with E-state index in [4.69, 9.17) is 0 Å². The number of carbonyl (C=O) groups is 1. The van der Waals surface area contributed by atoms with Gasteiger partial charge >= 0.3 is 0 Å². The van der Waals surface area contributed by atoms with Crippen LogP contribution in [0.1, 0.15) is 17.5 Å². The summed E-state index contributed by atoms with van der Waals surface area (Å²) < 4.78 is 13.5. The molecule has 0 aromatic heterocycles. The Morgan fingerprint density at radius 3 is 2.76 bits per heavy atom. The number of hydrogen-bond donors (Lipinski definition) is 2. The van der Waals surface area contributed by atoms with E-state index in [1.807, 2.05) is 0 Å². The first kappa shape index (κ1) is 17.4. The summed E-state index contributed by atoms with van der Waals surface area (Å²) >= 11 is 0. The van der Waals surface area contributed by atoms with Gasteiger partial charge in [0.2, 0.25) is 5.91 Å². The highest BCUT2D eigenvalue weighted by Crippen LogP contribution is 2.28. The van der Waals surface area contributed by atoms with Crippen LogP contribution in [0.15, 0.2) is 48.5 Å². The maximum absolute atomic E-state index is 13.5. The summed E-state index contributed by atoms with van der Waals surface area (Å²) in [6.07, 6.45) is 0.676. The maximum Gasteiger partial charge on any atom is 0.246 e. The van der Waals surface area contributed by atoms with Crippen molar-refractivity contribution < 1.29 is 9.18 Å². The van der Waals surface area contributed by atoms with Gasteiger partial charge < -0.3 is 10.6 Å². The predicted molar refractivity (Wildman–Crippen MR) is 97.9 cm³/mol. The standard InChI is InChI=1S/C20H24FN3O/c1-15-5-3-6-16(11-15)13-24-10-9-20(14-24,19(25)22-2)23-18-8-4-7-17(21)12-18/h3-8,11-12,23H,9-10,13-14H2,1-2H3,(H,22,25). The molecule has 0 aliphatic carbocycles. The molecule has 1 unspecified atom stereocenters. The number of likely N-dealkylation sites (tertiary alicyclic amines) is 1. The zero-order valence-electron chi connectivity index (χ0n) is 14.7. The summed E-state index contributed by atoms with van der Waals surface area (Å²) in [5.74, 6) is -0.379. The molecule has 0 radical (unpaired) electrons. The van der Waals surface area contributed by atoms with Gasteiger partial charge in [0.15, 0.2) is 0 Å². The SMILES string of the molecule is CNC(=O)C1(Nc2cccc(F)c2)CCN(Cc2cccc(C)c2)C1. The molecule has 4 nitrogen and oxygen atoms in total. The van der Waals surface area contributed by atoms with Gasteiger partial charge in [0.1, 0.15) is 11.4 Å². The van der Waals surface area contributed by atoms with E-state index in [1.54, 1.807) is 19.2 Å². The second-order valence-corrected chi connectivity index (χ2v) is 6.75. The Morgan fingerprint density at radius 2 is 2.04 bits per heavy atom. The lowest BCUT2D eigenvalue weighted by atomic mass is 9.96. The number of nitrogens with one attached hydrogen (secondary N) is 2. The van der Waals surface area contributed by atoms with Crippen molar-refractivity contribution in [1.29, 1.82) is 0 Å². The number of likely N-dealkylation sites (N-methyl/N-ethyl adjacent to an activating group) is 1. The summed E-state index contributed by atoms with van der Waals surface area (Å²) in [6.45, 7) is 4.26. The summed E-state index contributed by atoms with van der Waals surface area (Å²) in [5, 5.41) is 6.03. The lowest BCUT2D eigenvalue weighted by Crippen LogP contribution is -2.53. The van der Waals surface area contributed by atoms with Gasteiger partial charge in [-0.2, -0.15) is 0 Å². The molecule has 5 heteroatoms. The van der Waals surface area contributed by atoms with Gasteiger partial charge in [-0.3, -0.25) is 9.69 Å². The molecule has 132 valence electrons. The van der Waals surface area contributed by atoms with E-state index < -0.39 is 5.54 Å². The molecule has 1 heterocycles. The van der Waals surface area contributed by atoms with Crippen LogP contribution in [-0.2, 0) is 11.3 Å². The van der Waals surface area contributed by atoms with Crippen molar-refractivity contribution in [3.8, 4) is 0 Å². The van der Waals surface area contributed by atoms with Crippen LogP contribution in [0.4, 0.5) is 10.1 Å². The first-order chi connectivity index (χ1) is 12.0. The lowest BCUT2D eigenvalue weighted by molar-refractivity contribution is -0.124. The molecule has 0 bridgehead atoms. The Balaban J connectivity index is 1.77. The van der Waals surface area contributed by atoms with E-state index in [-0.39, 0.29) is 11.7 Å². The van der Waals surface area contributed by atoms with E-state index in [1.165, 1.54) is 23.3 Å². The van der Waals surface area contributed by atoms with Crippen LogP contribution in [0.2, 0.25) is 0 Å². The van der Waals surface area contributed by atoms with Crippen molar-refractivity contribution in [3.05, 3.63) is 65.5 Å². The quantitative estimate of drug-likeness (QED) is 0.879. The normalized spacial score (nSPS) is 20.4. The first-order valence-corrected chi connectivity index (χ1v) is 8.55. The van der Waals surface area contributed by atoms with Gasteiger partial charge in [-0.15, -0.1) is 0 Å². The molecule has 1 saturated heterocycles. The van der Waals surface area contributed by atoms with E-state index >= 15 is 0 Å². The zero-order valence-corrected chi connectivity index (χ0v) is 14.7. The molecule has 2 N–H and O–H groups in total. The van der Waals surface area contributed by atoms with Crippen LogP contribution in [0, 0.1) is 12.7 Å². The van der Waals surface area contributed by atoms with Gasteiger partial charge in [0, 0.05) is 32.4 Å². The molecule has 0 saturated carbocycles. The Labute approximate surface area is 148 Å². The Kier molecular flexibility index (Phi) is 5.04. The first-order valence-electron chi connectivity index (χ1n) is 8.55. The summed E-state index contributed by atoms with van der Waals surface area (Å²) in [7, 11) is 1.64. The van der Waals surface area contributed by atoms with Gasteiger partial charge in [-0.1, -0.05) is 35.9 Å². The third kappa shape index (κ3) is 3.99. The minimum absolute atomic E-state index is 0.0662. The fourth-order valence-electron chi connectivity index (χ4n) is 3.52. The minimum Gasteiger partial charge on any atom is -0.370 e. The molecular weight excluding hydrogens is 317 g/mol. The van der Waals surface area contributed by atoms with Crippen LogP contribution in [-0.4, -0.2) is 36.5 Å². The van der Waals surface area contributed by atoms with Gasteiger partial charge in [0.25, 0.3) is 0 Å². The fraction of sp³-hybridized carbons (Fsp3) is 0.350. The molecule has 0 spiro atoms. The third-order valence-corrected chi connectivity index (χ3v) is 4.71. The molecule has 1 fully saturated rings. The lowest BCUT2D eigenvalue weighted by Gasteiger charge is -2.30. The second kappa shape index (κ2) is 7.23. The number of anilines is 1. The monoisotopic (exact) mass is 341 g/mol. The van der Waals surface area contributed by atoms with Crippen molar-refractivity contribution in [1.82, 2.24) is 10.2 Å². The van der Waals surface area contributed by atoms with Crippen molar-refractivity contribution in [2.24, 2.45) is 0 Å². The number of carbonyl (C=O) groups excluding carboxylic acids is 1. The second-order valence-electron chi connectivity index (χ2n) is 6.75. The smallest absolute Gasteiger partial charge is 0.246 e. The maximum atomic E-state index is 13.5. The fourth-order valence-corrected chi connectivity index (χ4v) is 3.52. The third-order valence-electron chi connectivity index (χ3n) is 4.71. The summed E-state index contributed by atoms with van der Waals surface area (Å²) in [4.78, 5) is 14.8. The largest absolute Gasteiger partial charge is 0.370 e. The van der Waals surface area contributed by atoms with Crippen LogP contribution < -0.4 is 10.6 Å². The molecule has 1 aliphatic rings. The highest BCUT2D eigenvalue weighted by atomic mass is 19.1. The number of hydrogen-bond acceptors (Lipinski definition) is 3. The van der Waals surface area contributed by atoms with Crippen LogP contribution in [0.3, 0.4) is 0 Å². The Hall–Kier alpha value is -2.40. The highest BCUT2D eigenvalue weighted by molar-refractivity contribution is 5.90. The van der Waals surface area contributed by atoms with Gasteiger partial charge in [-0.25, -0.2) is 4.39 Å². The summed E-state index contributed by atoms with van der Waals surface area (Å²) in [6, 6.07) is 14.7. The molecule has 1 atom stereocenters. The average Bonchev–Trinajstić information content (AvgIpc) is 2.98. The van der Waals surface area contributed by atoms with E-state index in [2.05, 4.69) is 46.7 Å². The molecule has 1 aliphatic heterocycles. The van der Waals surface area contributed by atoms with Crippen molar-refractivity contribution in [3.63, 3.8) is 0 Å². The average molecular weight is 341 g/mol. The topological polar surface area (TPSA) is 44.4 Å². The Bertz CT molecular complexity index is 764. The molecule has 25 heavy (non-hydrogen) atoms. The molecule has 2 aromatic carbocycles. The van der Waals surface area contributed by atoms with Crippen molar-refractivity contribution in [2.45, 2.75) is 25.4 Å². The predicted octanol–water partition coefficient (Wildman–Crippen LogP) is 2.94. The molecule has 1 amide bonds. The number of aryl methyl sites for hydroxylation is 1. The van der Waals surface area contributed by atoms with E-state index in [0.29, 0.717) is 18.7 Å². The number of rotatable bonds is 5. The number of benzene rings is 2. The van der Waals surface area contributed by atoms with Crippen LogP contribution in [0.25, 0.3) is 0 Å². The molecule has 3 rings (SSSR count). The molecule has 2 aromatic rings. The Morgan fingerprint density at radius 1 is 1.24 bits per heavy atom.